The molecule has 3 aliphatic rings. The van der Waals surface area contributed by atoms with E-state index in [-0.39, 0.29) is 0 Å². The summed E-state index contributed by atoms with van der Waals surface area (Å²) in [7, 11) is -2.75. The molecule has 31 heavy (non-hydrogen) atoms. The molecule has 8 atom stereocenters. The van der Waals surface area contributed by atoms with Crippen LogP contribution in [0.2, 0.25) is 0 Å². The van der Waals surface area contributed by atoms with Crippen molar-refractivity contribution in [1.82, 2.24) is 0 Å². The molecule has 0 aromatic carbocycles. The van der Waals surface area contributed by atoms with E-state index < -0.39 is 8.80 Å². The Balaban J connectivity index is 2.01. The molecule has 0 bridgehead atoms. The van der Waals surface area contributed by atoms with Gasteiger partial charge in [-0.2, -0.15) is 0 Å². The molecule has 3 saturated carbocycles. The summed E-state index contributed by atoms with van der Waals surface area (Å²) in [6, 6.07) is 2.44. The van der Waals surface area contributed by atoms with E-state index in [9.17, 15) is 0 Å². The van der Waals surface area contributed by atoms with E-state index in [1.54, 1.807) is 0 Å². The molecule has 3 aliphatic carbocycles. The van der Waals surface area contributed by atoms with Crippen molar-refractivity contribution in [2.24, 2.45) is 46.3 Å². The highest BCUT2D eigenvalue weighted by molar-refractivity contribution is 6.64. The van der Waals surface area contributed by atoms with Crippen LogP contribution in [0.4, 0.5) is 0 Å². The van der Waals surface area contributed by atoms with Gasteiger partial charge in [-0.15, -0.1) is 0 Å². The van der Waals surface area contributed by atoms with E-state index in [1.165, 1.54) is 38.5 Å². The van der Waals surface area contributed by atoms with E-state index in [2.05, 4.69) is 61.4 Å². The Hall–Kier alpha value is 0.0969. The van der Waals surface area contributed by atoms with Crippen molar-refractivity contribution < 1.29 is 13.3 Å². The summed E-state index contributed by atoms with van der Waals surface area (Å²) < 4.78 is 18.8. The standard InChI is InChI=1S/C27H51O3Si/c1-9-28-31(29-10-2,30-11-3)17-16-27-19-20(4)22(6)23(7)25(27)21(5)18-26(8)15-13-12-14-24(26)27/h17,20-25H,9-16,18-19H2,1-8H3. The van der Waals surface area contributed by atoms with Gasteiger partial charge in [0.05, 0.1) is 0 Å². The van der Waals surface area contributed by atoms with Gasteiger partial charge in [0.2, 0.25) is 0 Å². The van der Waals surface area contributed by atoms with Gasteiger partial charge in [-0.3, -0.25) is 0 Å². The molecule has 0 saturated heterocycles. The molecule has 8 unspecified atom stereocenters. The minimum atomic E-state index is -2.75. The number of hydrogen-bond acceptors (Lipinski definition) is 3. The van der Waals surface area contributed by atoms with Crippen LogP contribution < -0.4 is 0 Å². The Morgan fingerprint density at radius 2 is 1.45 bits per heavy atom. The minimum absolute atomic E-state index is 0.363. The summed E-state index contributed by atoms with van der Waals surface area (Å²) in [6.45, 7) is 21.0. The van der Waals surface area contributed by atoms with E-state index in [1.807, 2.05) is 0 Å². The van der Waals surface area contributed by atoms with Crippen molar-refractivity contribution in [1.29, 1.82) is 0 Å². The van der Waals surface area contributed by atoms with Crippen molar-refractivity contribution in [3.63, 3.8) is 0 Å². The fourth-order valence-corrected chi connectivity index (χ4v) is 11.3. The quantitative estimate of drug-likeness (QED) is 0.344. The lowest BCUT2D eigenvalue weighted by atomic mass is 9.38. The third-order valence-electron chi connectivity index (χ3n) is 9.86. The smallest absolute Gasteiger partial charge is 0.374 e. The summed E-state index contributed by atoms with van der Waals surface area (Å²) in [5.74, 6) is 4.77. The number of fused-ring (bicyclic) bond motifs is 3. The fraction of sp³-hybridized carbons (Fsp3) is 0.963. The molecule has 0 spiro atoms. The van der Waals surface area contributed by atoms with E-state index in [4.69, 9.17) is 13.3 Å². The molecule has 0 aromatic heterocycles. The van der Waals surface area contributed by atoms with Crippen LogP contribution in [0.15, 0.2) is 0 Å². The zero-order chi connectivity index (χ0) is 22.9. The Morgan fingerprint density at radius 1 is 0.839 bits per heavy atom. The molecule has 0 aromatic rings. The van der Waals surface area contributed by atoms with Gasteiger partial charge in [0, 0.05) is 25.9 Å². The van der Waals surface area contributed by atoms with Crippen LogP contribution in [0.3, 0.4) is 0 Å². The topological polar surface area (TPSA) is 27.7 Å². The maximum atomic E-state index is 6.28. The van der Waals surface area contributed by atoms with Crippen LogP contribution in [0.5, 0.6) is 0 Å². The van der Waals surface area contributed by atoms with Crippen molar-refractivity contribution in [3.8, 4) is 0 Å². The van der Waals surface area contributed by atoms with E-state index in [0.29, 0.717) is 30.7 Å². The molecule has 3 fully saturated rings. The molecule has 0 heterocycles. The highest BCUT2D eigenvalue weighted by atomic mass is 28.4. The monoisotopic (exact) mass is 451 g/mol. The second-order valence-electron chi connectivity index (χ2n) is 11.6. The first-order chi connectivity index (χ1) is 14.7. The van der Waals surface area contributed by atoms with Crippen LogP contribution in [0.25, 0.3) is 0 Å². The molecule has 3 nitrogen and oxygen atoms in total. The van der Waals surface area contributed by atoms with Crippen molar-refractivity contribution >= 4 is 8.80 Å². The average Bonchev–Trinajstić information content (AvgIpc) is 2.70. The van der Waals surface area contributed by atoms with Gasteiger partial charge >= 0.3 is 8.80 Å². The molecule has 0 amide bonds. The molecule has 1 radical (unpaired) electrons. The van der Waals surface area contributed by atoms with E-state index >= 15 is 0 Å². The Bertz CT molecular complexity index is 562. The van der Waals surface area contributed by atoms with Crippen LogP contribution in [0, 0.1) is 52.4 Å². The minimum Gasteiger partial charge on any atom is -0.374 e. The third kappa shape index (κ3) is 4.70. The van der Waals surface area contributed by atoms with Gasteiger partial charge < -0.3 is 13.3 Å². The molecule has 0 N–H and O–H groups in total. The van der Waals surface area contributed by atoms with Crippen molar-refractivity contribution in [2.45, 2.75) is 100 Å². The SMILES string of the molecule is CCO[Si]([CH]CC12CC(C)C(C)C(C)C1C(C)CC1(C)CCCCC12)(OCC)OCC. The van der Waals surface area contributed by atoms with Crippen LogP contribution in [-0.2, 0) is 13.3 Å². The summed E-state index contributed by atoms with van der Waals surface area (Å²) in [5, 5.41) is 0. The highest BCUT2D eigenvalue weighted by Crippen LogP contribution is 2.69. The predicted octanol–water partition coefficient (Wildman–Crippen LogP) is 7.32. The number of hydrogen-bond donors (Lipinski definition) is 0. The first-order valence-electron chi connectivity index (χ1n) is 13.4. The first kappa shape index (κ1) is 25.7. The van der Waals surface area contributed by atoms with Gasteiger partial charge in [-0.25, -0.2) is 0 Å². The van der Waals surface area contributed by atoms with Gasteiger partial charge in [-0.05, 0) is 99.2 Å². The zero-order valence-electron chi connectivity index (χ0n) is 21.8. The van der Waals surface area contributed by atoms with Crippen LogP contribution >= 0.6 is 0 Å². The summed E-state index contributed by atoms with van der Waals surface area (Å²) in [5.41, 5.74) is 0.858. The Labute approximate surface area is 194 Å². The van der Waals surface area contributed by atoms with Gasteiger partial charge in [0.1, 0.15) is 0 Å². The molecule has 4 heteroatoms. The summed E-state index contributed by atoms with van der Waals surface area (Å²) >= 11 is 0. The van der Waals surface area contributed by atoms with Crippen LogP contribution in [0.1, 0.15) is 100 Å². The molecular formula is C27H51O3Si. The largest absolute Gasteiger partial charge is 0.504 e. The van der Waals surface area contributed by atoms with Crippen molar-refractivity contribution in [3.05, 3.63) is 6.04 Å². The van der Waals surface area contributed by atoms with Crippen LogP contribution in [-0.4, -0.2) is 28.6 Å². The second-order valence-corrected chi connectivity index (χ2v) is 14.1. The van der Waals surface area contributed by atoms with Gasteiger partial charge in [-0.1, -0.05) is 47.5 Å². The summed E-state index contributed by atoms with van der Waals surface area (Å²) in [4.78, 5) is 0. The van der Waals surface area contributed by atoms with Gasteiger partial charge in [0.15, 0.2) is 0 Å². The average molecular weight is 452 g/mol. The lowest BCUT2D eigenvalue weighted by Crippen LogP contribution is -2.61. The van der Waals surface area contributed by atoms with Crippen molar-refractivity contribution in [2.75, 3.05) is 19.8 Å². The first-order valence-corrected chi connectivity index (χ1v) is 15.2. The predicted molar refractivity (Wildman–Crippen MR) is 131 cm³/mol. The van der Waals surface area contributed by atoms with E-state index in [0.717, 1.165) is 41.9 Å². The molecular weight excluding hydrogens is 400 g/mol. The second kappa shape index (κ2) is 10.2. The zero-order valence-corrected chi connectivity index (χ0v) is 22.8. The van der Waals surface area contributed by atoms with Gasteiger partial charge in [0.25, 0.3) is 0 Å². The number of rotatable bonds is 9. The maximum Gasteiger partial charge on any atom is 0.504 e. The normalized spacial score (nSPS) is 43.4. The lowest BCUT2D eigenvalue weighted by Gasteiger charge is -2.67. The molecule has 181 valence electrons. The Kier molecular flexibility index (Phi) is 8.42. The lowest BCUT2D eigenvalue weighted by molar-refractivity contribution is -0.178. The maximum absolute atomic E-state index is 6.28. The molecule has 3 rings (SSSR count). The Morgan fingerprint density at radius 3 is 2.03 bits per heavy atom. The summed E-state index contributed by atoms with van der Waals surface area (Å²) in [6.07, 6.45) is 9.54. The molecule has 0 aliphatic heterocycles. The highest BCUT2D eigenvalue weighted by Gasteiger charge is 2.63. The fourth-order valence-electron chi connectivity index (χ4n) is 8.82. The third-order valence-corrected chi connectivity index (χ3v) is 12.6.